The normalized spacial score (nSPS) is 21.0. The van der Waals surface area contributed by atoms with E-state index in [9.17, 15) is 5.11 Å². The van der Waals surface area contributed by atoms with Gasteiger partial charge in [0.05, 0.1) is 6.10 Å². The van der Waals surface area contributed by atoms with Gasteiger partial charge >= 0.3 is 0 Å². The lowest BCUT2D eigenvalue weighted by Crippen LogP contribution is -2.47. The average molecular weight is 213 g/mol. The molecule has 1 saturated carbocycles. The van der Waals surface area contributed by atoms with Gasteiger partial charge in [0.25, 0.3) is 0 Å². The topological polar surface area (TPSA) is 46.2 Å². The van der Waals surface area contributed by atoms with E-state index >= 15 is 0 Å². The van der Waals surface area contributed by atoms with Gasteiger partial charge in [-0.2, -0.15) is 0 Å². The number of aliphatic hydroxyl groups is 1. The predicted octanol–water partition coefficient (Wildman–Crippen LogP) is 2.84. The third kappa shape index (κ3) is 3.46. The Morgan fingerprint density at radius 2 is 1.87 bits per heavy atom. The van der Waals surface area contributed by atoms with Crippen LogP contribution in [0, 0.1) is 5.41 Å². The van der Waals surface area contributed by atoms with Gasteiger partial charge in [-0.1, -0.05) is 45.4 Å². The molecule has 1 fully saturated rings. The van der Waals surface area contributed by atoms with Gasteiger partial charge in [-0.05, 0) is 19.3 Å². The van der Waals surface area contributed by atoms with Crippen molar-refractivity contribution < 1.29 is 5.11 Å². The Kier molecular flexibility index (Phi) is 5.62. The minimum Gasteiger partial charge on any atom is -0.393 e. The highest BCUT2D eigenvalue weighted by Crippen LogP contribution is 2.44. The number of aliphatic hydroxyl groups excluding tert-OH is 1. The summed E-state index contributed by atoms with van der Waals surface area (Å²) in [6, 6.07) is 0. The van der Waals surface area contributed by atoms with Gasteiger partial charge < -0.3 is 10.8 Å². The first-order chi connectivity index (χ1) is 7.25. The zero-order valence-electron chi connectivity index (χ0n) is 10.2. The van der Waals surface area contributed by atoms with Crippen molar-refractivity contribution in [1.29, 1.82) is 0 Å². The second-order valence-electron chi connectivity index (χ2n) is 5.14. The molecular formula is C13H27NO. The van der Waals surface area contributed by atoms with E-state index in [2.05, 4.69) is 6.92 Å². The van der Waals surface area contributed by atoms with Crippen molar-refractivity contribution in [3.63, 3.8) is 0 Å². The molecule has 1 unspecified atom stereocenters. The van der Waals surface area contributed by atoms with Crippen molar-refractivity contribution in [2.45, 2.75) is 70.8 Å². The maximum atomic E-state index is 10.1. The highest BCUT2D eigenvalue weighted by molar-refractivity contribution is 4.94. The molecule has 2 heteroatoms. The van der Waals surface area contributed by atoms with Crippen LogP contribution in [0.25, 0.3) is 0 Å². The van der Waals surface area contributed by atoms with E-state index in [0.717, 1.165) is 19.3 Å². The van der Waals surface area contributed by atoms with Crippen molar-refractivity contribution in [3.05, 3.63) is 0 Å². The molecule has 0 saturated heterocycles. The molecule has 0 amide bonds. The van der Waals surface area contributed by atoms with Crippen molar-refractivity contribution in [2.24, 2.45) is 11.1 Å². The maximum Gasteiger partial charge on any atom is 0.0608 e. The van der Waals surface area contributed by atoms with Crippen LogP contribution in [0.3, 0.4) is 0 Å². The molecule has 1 aliphatic carbocycles. The van der Waals surface area contributed by atoms with Gasteiger partial charge in [-0.15, -0.1) is 0 Å². The Labute approximate surface area is 94.2 Å². The molecule has 0 aromatic heterocycles. The molecule has 3 N–H and O–H groups in total. The van der Waals surface area contributed by atoms with Crippen LogP contribution in [-0.4, -0.2) is 17.8 Å². The van der Waals surface area contributed by atoms with Crippen molar-refractivity contribution in [2.75, 3.05) is 6.54 Å². The van der Waals surface area contributed by atoms with E-state index in [1.54, 1.807) is 0 Å². The molecule has 15 heavy (non-hydrogen) atoms. The summed E-state index contributed by atoms with van der Waals surface area (Å²) in [5, 5.41) is 10.1. The first-order valence-electron chi connectivity index (χ1n) is 6.63. The van der Waals surface area contributed by atoms with Crippen LogP contribution >= 0.6 is 0 Å². The molecule has 0 aromatic rings. The summed E-state index contributed by atoms with van der Waals surface area (Å²) in [6.07, 6.45) is 10.7. The Morgan fingerprint density at radius 3 is 2.33 bits per heavy atom. The predicted molar refractivity (Wildman–Crippen MR) is 64.7 cm³/mol. The number of hydrogen-bond donors (Lipinski definition) is 2. The summed E-state index contributed by atoms with van der Waals surface area (Å²) in [5.74, 6) is 0. The zero-order valence-corrected chi connectivity index (χ0v) is 10.2. The molecule has 2 nitrogen and oxygen atoms in total. The van der Waals surface area contributed by atoms with Gasteiger partial charge in [0.15, 0.2) is 0 Å². The van der Waals surface area contributed by atoms with Gasteiger partial charge in [0, 0.05) is 12.0 Å². The molecule has 1 atom stereocenters. The Hall–Kier alpha value is -0.0800. The molecule has 1 aliphatic rings. The van der Waals surface area contributed by atoms with E-state index in [1.165, 1.54) is 38.5 Å². The molecule has 0 radical (unpaired) electrons. The number of rotatable bonds is 8. The minimum absolute atomic E-state index is 0.102. The van der Waals surface area contributed by atoms with E-state index in [1.807, 2.05) is 0 Å². The Balaban J connectivity index is 2.09. The van der Waals surface area contributed by atoms with Gasteiger partial charge in [-0.25, -0.2) is 0 Å². The molecule has 0 bridgehead atoms. The SMILES string of the molecule is CCCCCCCC(O)C1(CN)CCC1. The Bertz CT molecular complexity index is 160. The van der Waals surface area contributed by atoms with Crippen LogP contribution in [-0.2, 0) is 0 Å². The first kappa shape index (κ1) is 13.0. The summed E-state index contributed by atoms with van der Waals surface area (Å²) >= 11 is 0. The molecule has 90 valence electrons. The summed E-state index contributed by atoms with van der Waals surface area (Å²) in [6.45, 7) is 2.90. The summed E-state index contributed by atoms with van der Waals surface area (Å²) in [4.78, 5) is 0. The highest BCUT2D eigenvalue weighted by atomic mass is 16.3. The van der Waals surface area contributed by atoms with Crippen LogP contribution < -0.4 is 5.73 Å². The van der Waals surface area contributed by atoms with E-state index < -0.39 is 0 Å². The lowest BCUT2D eigenvalue weighted by molar-refractivity contribution is -0.0333. The van der Waals surface area contributed by atoms with Crippen molar-refractivity contribution in [1.82, 2.24) is 0 Å². The van der Waals surface area contributed by atoms with E-state index in [0.29, 0.717) is 6.54 Å². The van der Waals surface area contributed by atoms with Crippen LogP contribution in [0.2, 0.25) is 0 Å². The molecule has 0 aliphatic heterocycles. The fourth-order valence-electron chi connectivity index (χ4n) is 2.55. The highest BCUT2D eigenvalue weighted by Gasteiger charge is 2.41. The van der Waals surface area contributed by atoms with Gasteiger partial charge in [0.2, 0.25) is 0 Å². The third-order valence-corrected chi connectivity index (χ3v) is 4.04. The number of nitrogens with two attached hydrogens (primary N) is 1. The number of hydrogen-bond acceptors (Lipinski definition) is 2. The van der Waals surface area contributed by atoms with Crippen LogP contribution in [0.1, 0.15) is 64.7 Å². The third-order valence-electron chi connectivity index (χ3n) is 4.04. The van der Waals surface area contributed by atoms with Crippen LogP contribution in [0.15, 0.2) is 0 Å². The van der Waals surface area contributed by atoms with Crippen LogP contribution in [0.5, 0.6) is 0 Å². The second-order valence-corrected chi connectivity index (χ2v) is 5.14. The largest absolute Gasteiger partial charge is 0.393 e. The Morgan fingerprint density at radius 1 is 1.20 bits per heavy atom. The number of unbranched alkanes of at least 4 members (excludes halogenated alkanes) is 4. The summed E-state index contributed by atoms with van der Waals surface area (Å²) < 4.78 is 0. The van der Waals surface area contributed by atoms with Gasteiger partial charge in [0.1, 0.15) is 0 Å². The fraction of sp³-hybridized carbons (Fsp3) is 1.00. The minimum atomic E-state index is -0.141. The quantitative estimate of drug-likeness (QED) is 0.609. The summed E-state index contributed by atoms with van der Waals surface area (Å²) in [5.41, 5.74) is 5.86. The van der Waals surface area contributed by atoms with Crippen molar-refractivity contribution in [3.8, 4) is 0 Å². The molecule has 0 aromatic carbocycles. The maximum absolute atomic E-state index is 10.1. The average Bonchev–Trinajstić information content (AvgIpc) is 2.17. The molecule has 0 heterocycles. The second kappa shape index (κ2) is 6.49. The zero-order chi connectivity index (χ0) is 11.1. The lowest BCUT2D eigenvalue weighted by Gasteiger charge is -2.44. The molecule has 1 rings (SSSR count). The molecule has 0 spiro atoms. The van der Waals surface area contributed by atoms with E-state index in [4.69, 9.17) is 5.73 Å². The first-order valence-corrected chi connectivity index (χ1v) is 6.63. The van der Waals surface area contributed by atoms with Gasteiger partial charge in [-0.3, -0.25) is 0 Å². The summed E-state index contributed by atoms with van der Waals surface area (Å²) in [7, 11) is 0. The van der Waals surface area contributed by atoms with E-state index in [-0.39, 0.29) is 11.5 Å². The van der Waals surface area contributed by atoms with Crippen LogP contribution in [0.4, 0.5) is 0 Å². The smallest absolute Gasteiger partial charge is 0.0608 e. The fourth-order valence-corrected chi connectivity index (χ4v) is 2.55. The monoisotopic (exact) mass is 213 g/mol. The standard InChI is InChI=1S/C13H27NO/c1-2-3-4-5-6-8-12(15)13(11-14)9-7-10-13/h12,15H,2-11,14H2,1H3. The lowest BCUT2D eigenvalue weighted by atomic mass is 9.64. The molecular weight excluding hydrogens is 186 g/mol. The van der Waals surface area contributed by atoms with Crippen molar-refractivity contribution >= 4 is 0 Å².